The molecule has 1 fully saturated rings. The van der Waals surface area contributed by atoms with Crippen molar-refractivity contribution in [3.8, 4) is 34.4 Å². The maximum Gasteiger partial charge on any atom is 0.139 e. The number of halogens is 2. The Morgan fingerprint density at radius 2 is 1.73 bits per heavy atom. The normalized spacial score (nSPS) is 13.6. The van der Waals surface area contributed by atoms with Crippen molar-refractivity contribution >= 4 is 51.2 Å². The summed E-state index contributed by atoms with van der Waals surface area (Å²) in [5, 5.41) is 24.2. The molecule has 11 heteroatoms. The zero-order chi connectivity index (χ0) is 30.8. The van der Waals surface area contributed by atoms with Gasteiger partial charge in [-0.2, -0.15) is 5.26 Å². The number of pyridine rings is 1. The van der Waals surface area contributed by atoms with Crippen molar-refractivity contribution in [1.82, 2.24) is 9.88 Å². The van der Waals surface area contributed by atoms with E-state index in [9.17, 15) is 10.4 Å². The van der Waals surface area contributed by atoms with E-state index in [2.05, 4.69) is 26.2 Å². The maximum atomic E-state index is 9.88. The van der Waals surface area contributed by atoms with E-state index in [0.29, 0.717) is 55.9 Å². The molecule has 5 aromatic rings. The molecule has 44 heavy (non-hydrogen) atoms. The zero-order valence-corrected chi connectivity index (χ0v) is 25.6. The van der Waals surface area contributed by atoms with Crippen LogP contribution in [0.2, 0.25) is 10.0 Å². The number of rotatable bonds is 8. The number of phenolic OH excluding ortho intramolecular Hbond substituents is 1. The van der Waals surface area contributed by atoms with Gasteiger partial charge in [0.25, 0.3) is 0 Å². The summed E-state index contributed by atoms with van der Waals surface area (Å²) in [4.78, 5) is 9.24. The first-order chi connectivity index (χ1) is 21.4. The Morgan fingerprint density at radius 3 is 2.43 bits per heavy atom. The smallest absolute Gasteiger partial charge is 0.139 e. The topological polar surface area (TPSA) is 107 Å². The van der Waals surface area contributed by atoms with Crippen LogP contribution in [0.1, 0.15) is 11.3 Å². The largest absolute Gasteiger partial charge is 0.508 e. The molecular formula is C33H29Cl2N5O4. The molecule has 0 atom stereocenters. The number of piperazine rings is 1. The standard InChI is InChI=1S/C33H29Cl2N5O4/c1-42-31-13-26-29(37-17-21(16-36)33(26)38-30-15-32(43-2)28(35)14-27(30)34)12-25(31)20-11-24(44-19-20)18-39-7-9-40(10-8-39)22-3-5-23(41)6-4-22/h3-6,11-15,17,19,41H,7-10,18H2,1-2H3,(H,37,38). The molecule has 0 spiro atoms. The Labute approximate surface area is 264 Å². The van der Waals surface area contributed by atoms with E-state index < -0.39 is 0 Å². The van der Waals surface area contributed by atoms with Crippen LogP contribution < -0.4 is 19.7 Å². The van der Waals surface area contributed by atoms with Crippen molar-refractivity contribution < 1.29 is 19.0 Å². The summed E-state index contributed by atoms with van der Waals surface area (Å²) < 4.78 is 17.1. The second-order valence-corrected chi connectivity index (χ2v) is 11.2. The zero-order valence-electron chi connectivity index (χ0n) is 24.1. The van der Waals surface area contributed by atoms with Gasteiger partial charge in [0, 0.05) is 60.6 Å². The molecule has 0 saturated carbocycles. The number of benzene rings is 3. The fourth-order valence-corrected chi connectivity index (χ4v) is 5.91. The molecule has 0 aliphatic carbocycles. The number of aromatic nitrogens is 1. The number of ether oxygens (including phenoxy) is 2. The summed E-state index contributed by atoms with van der Waals surface area (Å²) >= 11 is 12.7. The minimum absolute atomic E-state index is 0.271. The third-order valence-electron chi connectivity index (χ3n) is 7.74. The van der Waals surface area contributed by atoms with E-state index in [1.165, 1.54) is 13.3 Å². The average Bonchev–Trinajstić information content (AvgIpc) is 3.50. The summed E-state index contributed by atoms with van der Waals surface area (Å²) in [5.41, 5.74) is 4.86. The highest BCUT2D eigenvalue weighted by Gasteiger charge is 2.21. The second-order valence-electron chi connectivity index (χ2n) is 10.4. The molecule has 6 rings (SSSR count). The number of methoxy groups -OCH3 is 2. The summed E-state index contributed by atoms with van der Waals surface area (Å²) in [6, 6.07) is 18.6. The lowest BCUT2D eigenvalue weighted by Crippen LogP contribution is -2.45. The molecule has 0 amide bonds. The van der Waals surface area contributed by atoms with Gasteiger partial charge in [-0.05, 0) is 48.5 Å². The molecule has 1 saturated heterocycles. The van der Waals surface area contributed by atoms with Gasteiger partial charge in [-0.15, -0.1) is 0 Å². The number of hydrogen-bond acceptors (Lipinski definition) is 9. The van der Waals surface area contributed by atoms with Crippen LogP contribution in [-0.2, 0) is 6.54 Å². The third-order valence-corrected chi connectivity index (χ3v) is 8.35. The van der Waals surface area contributed by atoms with Crippen LogP contribution in [0.4, 0.5) is 17.1 Å². The minimum Gasteiger partial charge on any atom is -0.508 e. The monoisotopic (exact) mass is 629 g/mol. The maximum absolute atomic E-state index is 9.88. The predicted molar refractivity (Wildman–Crippen MR) is 173 cm³/mol. The third kappa shape index (κ3) is 5.92. The van der Waals surface area contributed by atoms with Crippen molar-refractivity contribution in [3.63, 3.8) is 0 Å². The van der Waals surface area contributed by atoms with Crippen LogP contribution in [0, 0.1) is 11.3 Å². The van der Waals surface area contributed by atoms with Gasteiger partial charge in [-0.25, -0.2) is 0 Å². The summed E-state index contributed by atoms with van der Waals surface area (Å²) in [7, 11) is 3.13. The molecule has 0 radical (unpaired) electrons. The molecule has 9 nitrogen and oxygen atoms in total. The number of phenols is 1. The Hall–Kier alpha value is -4.62. The Morgan fingerprint density at radius 1 is 0.977 bits per heavy atom. The lowest BCUT2D eigenvalue weighted by molar-refractivity contribution is 0.230. The first kappa shape index (κ1) is 29.5. The number of fused-ring (bicyclic) bond motifs is 1. The van der Waals surface area contributed by atoms with E-state index in [1.807, 2.05) is 30.3 Å². The van der Waals surface area contributed by atoms with Gasteiger partial charge in [-0.1, -0.05) is 23.2 Å². The highest BCUT2D eigenvalue weighted by atomic mass is 35.5. The molecule has 0 unspecified atom stereocenters. The van der Waals surface area contributed by atoms with Gasteiger partial charge in [0.2, 0.25) is 0 Å². The number of nitriles is 1. The van der Waals surface area contributed by atoms with Crippen molar-refractivity contribution in [1.29, 1.82) is 5.26 Å². The van der Waals surface area contributed by atoms with Crippen LogP contribution >= 0.6 is 23.2 Å². The number of furan rings is 1. The highest BCUT2D eigenvalue weighted by Crippen LogP contribution is 2.41. The highest BCUT2D eigenvalue weighted by molar-refractivity contribution is 6.37. The van der Waals surface area contributed by atoms with E-state index in [0.717, 1.165) is 48.8 Å². The summed E-state index contributed by atoms with van der Waals surface area (Å²) in [5.74, 6) is 2.17. The number of nitrogens with one attached hydrogen (secondary N) is 1. The van der Waals surface area contributed by atoms with Crippen LogP contribution in [0.5, 0.6) is 17.2 Å². The fourth-order valence-electron chi connectivity index (χ4n) is 5.40. The average molecular weight is 631 g/mol. The van der Waals surface area contributed by atoms with E-state index >= 15 is 0 Å². The molecule has 224 valence electrons. The molecule has 1 aliphatic rings. The van der Waals surface area contributed by atoms with Gasteiger partial charge in [0.15, 0.2) is 0 Å². The van der Waals surface area contributed by atoms with Gasteiger partial charge < -0.3 is 29.2 Å². The number of anilines is 3. The van der Waals surface area contributed by atoms with E-state index in [1.54, 1.807) is 37.6 Å². The number of hydrogen-bond donors (Lipinski definition) is 2. The Balaban J connectivity index is 1.24. The van der Waals surface area contributed by atoms with Crippen LogP contribution in [-0.4, -0.2) is 55.4 Å². The summed E-state index contributed by atoms with van der Waals surface area (Å²) in [6.07, 6.45) is 3.26. The number of nitrogens with zero attached hydrogens (tertiary/aromatic N) is 4. The van der Waals surface area contributed by atoms with E-state index in [-0.39, 0.29) is 5.75 Å². The number of aromatic hydroxyl groups is 1. The lowest BCUT2D eigenvalue weighted by Gasteiger charge is -2.35. The molecule has 1 aliphatic heterocycles. The van der Waals surface area contributed by atoms with Crippen LogP contribution in [0.25, 0.3) is 22.0 Å². The lowest BCUT2D eigenvalue weighted by atomic mass is 10.0. The van der Waals surface area contributed by atoms with Gasteiger partial charge in [0.1, 0.15) is 29.1 Å². The Bertz CT molecular complexity index is 1860. The minimum atomic E-state index is 0.271. The molecule has 3 aromatic carbocycles. The summed E-state index contributed by atoms with van der Waals surface area (Å²) in [6.45, 7) is 4.24. The van der Waals surface area contributed by atoms with Gasteiger partial charge >= 0.3 is 0 Å². The van der Waals surface area contributed by atoms with Crippen molar-refractivity contribution in [2.45, 2.75) is 6.54 Å². The quantitative estimate of drug-likeness (QED) is 0.181. The first-order valence-corrected chi connectivity index (χ1v) is 14.7. The molecule has 2 aromatic heterocycles. The van der Waals surface area contributed by atoms with Crippen molar-refractivity contribution in [2.24, 2.45) is 0 Å². The van der Waals surface area contributed by atoms with Crippen LogP contribution in [0.3, 0.4) is 0 Å². The predicted octanol–water partition coefficient (Wildman–Crippen LogP) is 7.46. The Kier molecular flexibility index (Phi) is 8.40. The van der Waals surface area contributed by atoms with Crippen LogP contribution in [0.15, 0.2) is 71.5 Å². The van der Waals surface area contributed by atoms with Crippen molar-refractivity contribution in [2.75, 3.05) is 50.6 Å². The molecular weight excluding hydrogens is 601 g/mol. The molecule has 2 N–H and O–H groups in total. The van der Waals surface area contributed by atoms with Gasteiger partial charge in [0.05, 0.1) is 59.5 Å². The van der Waals surface area contributed by atoms with Gasteiger partial charge in [-0.3, -0.25) is 9.88 Å². The SMILES string of the molecule is COc1cc(Nc2c(C#N)cnc3cc(-c4coc(CN5CCN(c6ccc(O)cc6)CC5)c4)c(OC)cc23)c(Cl)cc1Cl. The van der Waals surface area contributed by atoms with Crippen molar-refractivity contribution in [3.05, 3.63) is 88.4 Å². The second kappa shape index (κ2) is 12.5. The van der Waals surface area contributed by atoms with E-state index in [4.69, 9.17) is 37.1 Å². The molecule has 0 bridgehead atoms. The fraction of sp³-hybridized carbons (Fsp3) is 0.212. The first-order valence-electron chi connectivity index (χ1n) is 13.9. The molecule has 3 heterocycles.